The molecule has 0 aromatic rings. The minimum atomic E-state index is -0.362. The Kier molecular flexibility index (Phi) is 3.91. The number of rotatable bonds is 3. The van der Waals surface area contributed by atoms with Crippen LogP contribution in [0.3, 0.4) is 0 Å². The Morgan fingerprint density at radius 3 is 3.06 bits per heavy atom. The van der Waals surface area contributed by atoms with Crippen LogP contribution in [0.15, 0.2) is 33.4 Å². The predicted octanol–water partition coefficient (Wildman–Crippen LogP) is 2.94. The largest absolute Gasteiger partial charge is 0.265 e. The molecule has 1 atom stereocenters. The molecule has 0 bridgehead atoms. The van der Waals surface area contributed by atoms with Gasteiger partial charge in [0.2, 0.25) is 5.29 Å². The molecule has 0 aromatic heterocycles. The first-order valence-corrected chi connectivity index (χ1v) is 6.33. The van der Waals surface area contributed by atoms with Gasteiger partial charge in [-0.1, -0.05) is 6.92 Å². The van der Waals surface area contributed by atoms with Gasteiger partial charge in [-0.3, -0.25) is 15.1 Å². The lowest BCUT2D eigenvalue weighted by Crippen LogP contribution is -2.25. The Morgan fingerprint density at radius 1 is 1.61 bits per heavy atom. The van der Waals surface area contributed by atoms with Crippen molar-refractivity contribution in [2.45, 2.75) is 26.2 Å². The molecule has 5 nitrogen and oxygen atoms in total. The maximum absolute atomic E-state index is 10.8. The third-order valence-corrected chi connectivity index (χ3v) is 3.37. The van der Waals surface area contributed by atoms with E-state index in [2.05, 4.69) is 16.9 Å². The van der Waals surface area contributed by atoms with Crippen molar-refractivity contribution in [3.63, 3.8) is 0 Å². The minimum absolute atomic E-state index is 0.146. The van der Waals surface area contributed by atoms with Crippen LogP contribution in [-0.2, 0) is 0 Å². The van der Waals surface area contributed by atoms with Gasteiger partial charge in [0.05, 0.1) is 17.2 Å². The third kappa shape index (κ3) is 2.67. The Hall–Kier alpha value is -1.49. The second-order valence-electron chi connectivity index (χ2n) is 4.31. The van der Waals surface area contributed by atoms with Gasteiger partial charge in [-0.05, 0) is 42.5 Å². The molecule has 0 spiro atoms. The molecule has 1 heterocycles. The fraction of sp³-hybridized carbons (Fsp3) is 0.500. The van der Waals surface area contributed by atoms with Crippen molar-refractivity contribution in [1.29, 1.82) is 0 Å². The van der Waals surface area contributed by atoms with Crippen LogP contribution in [0.5, 0.6) is 0 Å². The van der Waals surface area contributed by atoms with Gasteiger partial charge in [0.25, 0.3) is 5.70 Å². The average molecular weight is 268 g/mol. The Morgan fingerprint density at radius 2 is 2.39 bits per heavy atom. The number of hydrogen-bond acceptors (Lipinski definition) is 4. The molecular weight excluding hydrogens is 254 g/mol. The molecule has 0 saturated carbocycles. The van der Waals surface area contributed by atoms with Crippen molar-refractivity contribution in [2.24, 2.45) is 15.9 Å². The Bertz CT molecular complexity index is 492. The number of aliphatic imine (C=N–C) groups is 2. The lowest BCUT2D eigenvalue weighted by Gasteiger charge is -2.22. The van der Waals surface area contributed by atoms with Gasteiger partial charge in [-0.2, -0.15) is 0 Å². The molecule has 0 saturated heterocycles. The number of amidine groups is 1. The monoisotopic (exact) mass is 267 g/mol. The topological polar surface area (TPSA) is 67.9 Å². The van der Waals surface area contributed by atoms with Crippen LogP contribution in [0.2, 0.25) is 0 Å². The molecule has 0 aromatic carbocycles. The SMILES string of the molecule is CCC1CN=C(Cl)N=C1C1=CC([N+](=O)[O-])=CCC1. The highest BCUT2D eigenvalue weighted by Crippen LogP contribution is 2.26. The summed E-state index contributed by atoms with van der Waals surface area (Å²) < 4.78 is 0. The first kappa shape index (κ1) is 13.0. The molecule has 0 amide bonds. The summed E-state index contributed by atoms with van der Waals surface area (Å²) in [6, 6.07) is 0. The summed E-state index contributed by atoms with van der Waals surface area (Å²) >= 11 is 5.84. The zero-order chi connectivity index (χ0) is 13.1. The van der Waals surface area contributed by atoms with Gasteiger partial charge < -0.3 is 0 Å². The smallest absolute Gasteiger partial charge is 0.258 e. The fourth-order valence-corrected chi connectivity index (χ4v) is 2.33. The third-order valence-electron chi connectivity index (χ3n) is 3.16. The van der Waals surface area contributed by atoms with E-state index in [9.17, 15) is 10.1 Å². The van der Waals surface area contributed by atoms with Gasteiger partial charge in [0.1, 0.15) is 0 Å². The van der Waals surface area contributed by atoms with Crippen molar-refractivity contribution in [3.05, 3.63) is 33.5 Å². The van der Waals surface area contributed by atoms with Crippen LogP contribution >= 0.6 is 11.6 Å². The van der Waals surface area contributed by atoms with E-state index in [1.165, 1.54) is 0 Å². The molecule has 6 heteroatoms. The van der Waals surface area contributed by atoms with Crippen LogP contribution in [0.4, 0.5) is 0 Å². The highest BCUT2D eigenvalue weighted by atomic mass is 35.5. The summed E-state index contributed by atoms with van der Waals surface area (Å²) in [7, 11) is 0. The van der Waals surface area contributed by atoms with Gasteiger partial charge in [0, 0.05) is 12.0 Å². The molecule has 1 aliphatic carbocycles. The molecular formula is C12H14ClN3O2. The number of allylic oxidation sites excluding steroid dienone is 3. The number of nitrogens with zero attached hydrogens (tertiary/aromatic N) is 3. The highest BCUT2D eigenvalue weighted by Gasteiger charge is 2.25. The molecule has 0 fully saturated rings. The minimum Gasteiger partial charge on any atom is -0.258 e. The number of nitro groups is 1. The number of hydrogen-bond donors (Lipinski definition) is 0. The summed E-state index contributed by atoms with van der Waals surface area (Å²) in [5, 5.41) is 11.0. The second kappa shape index (κ2) is 5.44. The quantitative estimate of drug-likeness (QED) is 0.448. The molecule has 18 heavy (non-hydrogen) atoms. The number of halogens is 1. The standard InChI is InChI=1S/C12H14ClN3O2/c1-2-8-7-14-12(13)15-11(8)9-4-3-5-10(6-9)16(17)18/h5-6,8H,2-4,7H2,1H3. The van der Waals surface area contributed by atoms with E-state index in [0.717, 1.165) is 24.1 Å². The zero-order valence-electron chi connectivity index (χ0n) is 10.1. The van der Waals surface area contributed by atoms with Crippen molar-refractivity contribution < 1.29 is 4.92 Å². The van der Waals surface area contributed by atoms with E-state index < -0.39 is 0 Å². The highest BCUT2D eigenvalue weighted by molar-refractivity contribution is 6.66. The molecule has 1 aliphatic heterocycles. The van der Waals surface area contributed by atoms with E-state index in [-0.39, 0.29) is 21.8 Å². The first-order valence-electron chi connectivity index (χ1n) is 5.95. The normalized spacial score (nSPS) is 23.8. The van der Waals surface area contributed by atoms with E-state index in [1.54, 1.807) is 12.2 Å². The molecule has 1 unspecified atom stereocenters. The average Bonchev–Trinajstić information content (AvgIpc) is 2.39. The molecule has 2 rings (SSSR count). The van der Waals surface area contributed by atoms with Crippen LogP contribution in [0, 0.1) is 16.0 Å². The molecule has 96 valence electrons. The first-order chi connectivity index (χ1) is 8.61. The van der Waals surface area contributed by atoms with Crippen LogP contribution in [0.1, 0.15) is 26.2 Å². The Labute approximate surface area is 110 Å². The van der Waals surface area contributed by atoms with Gasteiger partial charge in [0.15, 0.2) is 0 Å². The summed E-state index contributed by atoms with van der Waals surface area (Å²) in [5.41, 5.74) is 1.93. The van der Waals surface area contributed by atoms with Crippen molar-refractivity contribution in [3.8, 4) is 0 Å². The molecule has 0 radical (unpaired) electrons. The second-order valence-corrected chi connectivity index (χ2v) is 4.64. The van der Waals surface area contributed by atoms with Crippen molar-refractivity contribution in [2.75, 3.05) is 6.54 Å². The van der Waals surface area contributed by atoms with Crippen LogP contribution < -0.4 is 0 Å². The van der Waals surface area contributed by atoms with E-state index in [4.69, 9.17) is 11.6 Å². The maximum Gasteiger partial charge on any atom is 0.265 e. The van der Waals surface area contributed by atoms with E-state index in [1.807, 2.05) is 0 Å². The van der Waals surface area contributed by atoms with E-state index in [0.29, 0.717) is 13.0 Å². The van der Waals surface area contributed by atoms with Gasteiger partial charge >= 0.3 is 0 Å². The summed E-state index contributed by atoms with van der Waals surface area (Å²) in [6.07, 6.45) is 5.61. The zero-order valence-corrected chi connectivity index (χ0v) is 10.9. The Balaban J connectivity index is 2.32. The molecule has 2 aliphatic rings. The van der Waals surface area contributed by atoms with Gasteiger partial charge in [-0.15, -0.1) is 0 Å². The van der Waals surface area contributed by atoms with Gasteiger partial charge in [-0.25, -0.2) is 4.99 Å². The van der Waals surface area contributed by atoms with Crippen LogP contribution in [0.25, 0.3) is 0 Å². The van der Waals surface area contributed by atoms with Crippen LogP contribution in [-0.4, -0.2) is 22.5 Å². The summed E-state index contributed by atoms with van der Waals surface area (Å²) in [5.74, 6) is 0.213. The lowest BCUT2D eigenvalue weighted by molar-refractivity contribution is -0.419. The van der Waals surface area contributed by atoms with E-state index >= 15 is 0 Å². The predicted molar refractivity (Wildman–Crippen MR) is 71.8 cm³/mol. The fourth-order valence-electron chi connectivity index (χ4n) is 2.17. The molecule has 0 N–H and O–H groups in total. The van der Waals surface area contributed by atoms with Crippen molar-refractivity contribution in [1.82, 2.24) is 0 Å². The maximum atomic E-state index is 10.8. The van der Waals surface area contributed by atoms with Crippen molar-refractivity contribution >= 4 is 22.6 Å². The summed E-state index contributed by atoms with van der Waals surface area (Å²) in [4.78, 5) is 18.8. The lowest BCUT2D eigenvalue weighted by atomic mass is 9.88. The summed E-state index contributed by atoms with van der Waals surface area (Å²) in [6.45, 7) is 2.67.